The van der Waals surface area contributed by atoms with Crippen molar-refractivity contribution in [3.8, 4) is 0 Å². The largest absolute Gasteiger partial charge is 0.313 e. The molecule has 0 aromatic carbocycles. The number of nitrogens with zero attached hydrogens (tertiary/aromatic N) is 2. The maximum atomic E-state index is 11.0. The number of aryl methyl sites for hydroxylation is 1. The van der Waals surface area contributed by atoms with E-state index in [9.17, 15) is 8.42 Å². The fourth-order valence-electron chi connectivity index (χ4n) is 1.47. The van der Waals surface area contributed by atoms with Crippen LogP contribution in [-0.2, 0) is 16.3 Å². The number of aromatic nitrogens is 3. The van der Waals surface area contributed by atoms with Crippen LogP contribution in [-0.4, -0.2) is 48.2 Å². The first-order valence-corrected chi connectivity index (χ1v) is 7.29. The van der Waals surface area contributed by atoms with E-state index in [0.717, 1.165) is 25.2 Å². The standard InChI is InChI=1S/C9H18N4O2S/c1-8(6-16(2,14)15)10-5-3-4-9-11-7-12-13-9/h7-8,10H,3-6H2,1-2H3,(H,11,12,13). The summed E-state index contributed by atoms with van der Waals surface area (Å²) >= 11 is 0. The molecular formula is C9H18N4O2S. The Morgan fingerprint density at radius 1 is 1.56 bits per heavy atom. The number of aromatic amines is 1. The summed E-state index contributed by atoms with van der Waals surface area (Å²) in [4.78, 5) is 4.00. The molecule has 1 rings (SSSR count). The van der Waals surface area contributed by atoms with E-state index in [1.807, 2.05) is 6.92 Å². The number of nitrogens with one attached hydrogen (secondary N) is 2. The molecule has 0 fully saturated rings. The fraction of sp³-hybridized carbons (Fsp3) is 0.778. The molecule has 0 saturated carbocycles. The van der Waals surface area contributed by atoms with Crippen molar-refractivity contribution < 1.29 is 8.42 Å². The van der Waals surface area contributed by atoms with Gasteiger partial charge in [-0.2, -0.15) is 5.10 Å². The summed E-state index contributed by atoms with van der Waals surface area (Å²) in [6, 6.07) is -0.00951. The Balaban J connectivity index is 2.11. The van der Waals surface area contributed by atoms with Crippen molar-refractivity contribution >= 4 is 9.84 Å². The lowest BCUT2D eigenvalue weighted by Gasteiger charge is -2.11. The van der Waals surface area contributed by atoms with Crippen LogP contribution in [0.25, 0.3) is 0 Å². The van der Waals surface area contributed by atoms with Crippen LogP contribution in [0.2, 0.25) is 0 Å². The molecule has 0 bridgehead atoms. The number of sulfone groups is 1. The zero-order chi connectivity index (χ0) is 12.0. The molecule has 1 heterocycles. The van der Waals surface area contributed by atoms with Crippen LogP contribution in [0.1, 0.15) is 19.2 Å². The summed E-state index contributed by atoms with van der Waals surface area (Å²) in [6.45, 7) is 2.65. The van der Waals surface area contributed by atoms with Crippen LogP contribution in [0.15, 0.2) is 6.33 Å². The smallest absolute Gasteiger partial charge is 0.148 e. The molecule has 0 aliphatic heterocycles. The van der Waals surface area contributed by atoms with Crippen molar-refractivity contribution in [1.29, 1.82) is 0 Å². The average Bonchev–Trinajstić information content (AvgIpc) is 2.62. The van der Waals surface area contributed by atoms with Crippen molar-refractivity contribution in [1.82, 2.24) is 20.5 Å². The van der Waals surface area contributed by atoms with Gasteiger partial charge in [0.25, 0.3) is 0 Å². The average molecular weight is 246 g/mol. The third-order valence-corrected chi connectivity index (χ3v) is 3.21. The highest BCUT2D eigenvalue weighted by molar-refractivity contribution is 7.90. The van der Waals surface area contributed by atoms with Crippen LogP contribution in [0.4, 0.5) is 0 Å². The van der Waals surface area contributed by atoms with Gasteiger partial charge in [-0.15, -0.1) is 0 Å². The minimum atomic E-state index is -2.89. The van der Waals surface area contributed by atoms with Crippen LogP contribution in [0.5, 0.6) is 0 Å². The van der Waals surface area contributed by atoms with Gasteiger partial charge in [0.1, 0.15) is 22.0 Å². The second-order valence-corrected chi connectivity index (χ2v) is 6.17. The highest BCUT2D eigenvalue weighted by Crippen LogP contribution is 1.94. The summed E-state index contributed by atoms with van der Waals surface area (Å²) in [5.74, 6) is 1.03. The van der Waals surface area contributed by atoms with E-state index in [-0.39, 0.29) is 11.8 Å². The molecule has 7 heteroatoms. The number of hydrogen-bond donors (Lipinski definition) is 2. The SMILES string of the molecule is CC(CS(C)(=O)=O)NCCCc1ncn[nH]1. The highest BCUT2D eigenvalue weighted by atomic mass is 32.2. The molecule has 0 saturated heterocycles. The van der Waals surface area contributed by atoms with Crippen LogP contribution >= 0.6 is 0 Å². The van der Waals surface area contributed by atoms with Crippen LogP contribution in [0, 0.1) is 0 Å². The monoisotopic (exact) mass is 246 g/mol. The summed E-state index contributed by atoms with van der Waals surface area (Å²) in [6.07, 6.45) is 4.45. The summed E-state index contributed by atoms with van der Waals surface area (Å²) < 4.78 is 22.0. The van der Waals surface area contributed by atoms with Crippen molar-refractivity contribution in [2.45, 2.75) is 25.8 Å². The van der Waals surface area contributed by atoms with Crippen molar-refractivity contribution in [2.24, 2.45) is 0 Å². The van der Waals surface area contributed by atoms with E-state index in [4.69, 9.17) is 0 Å². The molecule has 1 atom stereocenters. The van der Waals surface area contributed by atoms with Gasteiger partial charge >= 0.3 is 0 Å². The van der Waals surface area contributed by atoms with Crippen molar-refractivity contribution in [3.05, 3.63) is 12.2 Å². The molecule has 0 spiro atoms. The highest BCUT2D eigenvalue weighted by Gasteiger charge is 2.09. The molecule has 2 N–H and O–H groups in total. The second kappa shape index (κ2) is 5.95. The maximum Gasteiger partial charge on any atom is 0.148 e. The minimum absolute atomic E-state index is 0.00951. The zero-order valence-electron chi connectivity index (χ0n) is 9.60. The quantitative estimate of drug-likeness (QED) is 0.648. The number of H-pyrrole nitrogens is 1. The first kappa shape index (κ1) is 13.1. The molecule has 1 aromatic heterocycles. The molecule has 6 nitrogen and oxygen atoms in total. The van der Waals surface area contributed by atoms with E-state index in [0.29, 0.717) is 0 Å². The third kappa shape index (κ3) is 5.82. The van der Waals surface area contributed by atoms with Gasteiger partial charge in [-0.25, -0.2) is 13.4 Å². The molecule has 0 radical (unpaired) electrons. The maximum absolute atomic E-state index is 11.0. The fourth-order valence-corrected chi connectivity index (χ4v) is 2.49. The molecular weight excluding hydrogens is 228 g/mol. The van der Waals surface area contributed by atoms with Crippen molar-refractivity contribution in [3.63, 3.8) is 0 Å². The van der Waals surface area contributed by atoms with Gasteiger partial charge in [-0.1, -0.05) is 0 Å². The van der Waals surface area contributed by atoms with E-state index < -0.39 is 9.84 Å². The van der Waals surface area contributed by atoms with Gasteiger partial charge < -0.3 is 5.32 Å². The molecule has 92 valence electrons. The lowest BCUT2D eigenvalue weighted by atomic mass is 10.3. The molecule has 0 aliphatic rings. The van der Waals surface area contributed by atoms with E-state index in [1.54, 1.807) is 0 Å². The first-order chi connectivity index (χ1) is 7.47. The normalized spacial score (nSPS) is 13.9. The predicted molar refractivity (Wildman–Crippen MR) is 61.9 cm³/mol. The van der Waals surface area contributed by atoms with Gasteiger partial charge in [0.15, 0.2) is 0 Å². The molecule has 16 heavy (non-hydrogen) atoms. The Labute approximate surface area is 95.8 Å². The van der Waals surface area contributed by atoms with Crippen LogP contribution < -0.4 is 5.32 Å². The lowest BCUT2D eigenvalue weighted by Crippen LogP contribution is -2.33. The summed E-state index contributed by atoms with van der Waals surface area (Å²) in [7, 11) is -2.89. The summed E-state index contributed by atoms with van der Waals surface area (Å²) in [5, 5.41) is 9.69. The second-order valence-electron chi connectivity index (χ2n) is 3.98. The Morgan fingerprint density at radius 3 is 2.88 bits per heavy atom. The van der Waals surface area contributed by atoms with Gasteiger partial charge in [-0.3, -0.25) is 5.10 Å². The molecule has 1 aromatic rings. The number of rotatable bonds is 7. The Bertz CT molecular complexity index is 388. The van der Waals surface area contributed by atoms with Crippen molar-refractivity contribution in [2.75, 3.05) is 18.6 Å². The Hall–Kier alpha value is -0.950. The number of hydrogen-bond acceptors (Lipinski definition) is 5. The topological polar surface area (TPSA) is 87.7 Å². The van der Waals surface area contributed by atoms with Gasteiger partial charge in [0.05, 0.1) is 5.75 Å². The van der Waals surface area contributed by atoms with Crippen LogP contribution in [0.3, 0.4) is 0 Å². The van der Waals surface area contributed by atoms with E-state index in [2.05, 4.69) is 20.5 Å². The Morgan fingerprint density at radius 2 is 2.31 bits per heavy atom. The van der Waals surface area contributed by atoms with Gasteiger partial charge in [0.2, 0.25) is 0 Å². The Kier molecular flexibility index (Phi) is 4.88. The zero-order valence-corrected chi connectivity index (χ0v) is 10.4. The first-order valence-electron chi connectivity index (χ1n) is 5.23. The van der Waals surface area contributed by atoms with Gasteiger partial charge in [-0.05, 0) is 19.9 Å². The third-order valence-electron chi connectivity index (χ3n) is 2.10. The van der Waals surface area contributed by atoms with E-state index >= 15 is 0 Å². The van der Waals surface area contributed by atoms with Gasteiger partial charge in [0, 0.05) is 18.7 Å². The molecule has 1 unspecified atom stereocenters. The summed E-state index contributed by atoms with van der Waals surface area (Å²) in [5.41, 5.74) is 0. The minimum Gasteiger partial charge on any atom is -0.313 e. The predicted octanol–water partition coefficient (Wildman–Crippen LogP) is -0.240. The van der Waals surface area contributed by atoms with E-state index in [1.165, 1.54) is 12.6 Å². The lowest BCUT2D eigenvalue weighted by molar-refractivity contribution is 0.549. The molecule has 0 amide bonds. The molecule has 0 aliphatic carbocycles.